The van der Waals surface area contributed by atoms with E-state index in [9.17, 15) is 4.79 Å². The molecule has 0 radical (unpaired) electrons. The average Bonchev–Trinajstić information content (AvgIpc) is 2.47. The highest BCUT2D eigenvalue weighted by Gasteiger charge is 2.29. The van der Waals surface area contributed by atoms with E-state index in [2.05, 4.69) is 10.5 Å². The van der Waals surface area contributed by atoms with Gasteiger partial charge < -0.3 is 21.0 Å². The molecule has 0 saturated carbocycles. The van der Waals surface area contributed by atoms with Gasteiger partial charge in [0.25, 0.3) is 5.91 Å². The van der Waals surface area contributed by atoms with Crippen molar-refractivity contribution in [2.45, 2.75) is 25.3 Å². The maximum atomic E-state index is 12.2. The van der Waals surface area contributed by atoms with Crippen molar-refractivity contribution < 1.29 is 14.7 Å². The van der Waals surface area contributed by atoms with Crippen LogP contribution in [0, 0.1) is 0 Å². The average molecular weight is 277 g/mol. The molecule has 0 aromatic heterocycles. The van der Waals surface area contributed by atoms with Gasteiger partial charge in [0.1, 0.15) is 0 Å². The summed E-state index contributed by atoms with van der Waals surface area (Å²) in [4.78, 5) is 12.2. The van der Waals surface area contributed by atoms with Crippen LogP contribution >= 0.6 is 0 Å². The summed E-state index contributed by atoms with van der Waals surface area (Å²) < 4.78 is 5.41. The van der Waals surface area contributed by atoms with Gasteiger partial charge in [-0.15, -0.1) is 0 Å². The van der Waals surface area contributed by atoms with Gasteiger partial charge in [0.15, 0.2) is 5.84 Å². The van der Waals surface area contributed by atoms with Crippen LogP contribution in [0.15, 0.2) is 29.4 Å². The van der Waals surface area contributed by atoms with Crippen LogP contribution in [-0.2, 0) is 4.74 Å². The van der Waals surface area contributed by atoms with E-state index in [4.69, 9.17) is 15.7 Å². The van der Waals surface area contributed by atoms with Crippen LogP contribution in [0.5, 0.6) is 0 Å². The molecule has 1 atom stereocenters. The molecule has 1 fully saturated rings. The van der Waals surface area contributed by atoms with E-state index in [1.165, 1.54) is 0 Å². The molecule has 0 aliphatic carbocycles. The van der Waals surface area contributed by atoms with Crippen molar-refractivity contribution >= 4 is 11.7 Å². The highest BCUT2D eigenvalue weighted by Crippen LogP contribution is 2.19. The topological polar surface area (TPSA) is 96.9 Å². The summed E-state index contributed by atoms with van der Waals surface area (Å²) >= 11 is 0. The molecule has 1 aliphatic heterocycles. The molecule has 1 aliphatic rings. The molecule has 0 spiro atoms. The van der Waals surface area contributed by atoms with Crippen molar-refractivity contribution in [3.8, 4) is 0 Å². The number of amides is 1. The third-order valence-electron chi connectivity index (χ3n) is 3.40. The van der Waals surface area contributed by atoms with Gasteiger partial charge in [-0.25, -0.2) is 0 Å². The highest BCUT2D eigenvalue weighted by atomic mass is 16.5. The predicted molar refractivity (Wildman–Crippen MR) is 74.9 cm³/mol. The molecular weight excluding hydrogens is 258 g/mol. The Labute approximate surface area is 117 Å². The maximum Gasteiger partial charge on any atom is 0.251 e. The Hall–Kier alpha value is -2.08. The summed E-state index contributed by atoms with van der Waals surface area (Å²) in [5.41, 5.74) is 6.25. The zero-order valence-electron chi connectivity index (χ0n) is 11.4. The second kappa shape index (κ2) is 5.92. The van der Waals surface area contributed by atoms with Crippen molar-refractivity contribution in [2.75, 3.05) is 13.2 Å². The minimum Gasteiger partial charge on any atom is -0.409 e. The van der Waals surface area contributed by atoms with Crippen LogP contribution in [0.1, 0.15) is 35.7 Å². The van der Waals surface area contributed by atoms with Crippen molar-refractivity contribution in [3.63, 3.8) is 0 Å². The molecule has 2 rings (SSSR count). The summed E-state index contributed by atoms with van der Waals surface area (Å²) in [6.07, 6.45) is 1.85. The summed E-state index contributed by atoms with van der Waals surface area (Å²) in [6.45, 7) is 3.26. The standard InChI is InChI=1S/C14H19N3O3/c1-14(7-2-8-20-9-14)16-13(18)11-5-3-10(4-6-11)12(15)17-19/h3-6,19H,2,7-9H2,1H3,(H2,15,17)(H,16,18). The fraction of sp³-hybridized carbons (Fsp3) is 0.429. The molecule has 1 aromatic carbocycles. The molecule has 20 heavy (non-hydrogen) atoms. The number of benzene rings is 1. The van der Waals surface area contributed by atoms with Crippen molar-refractivity contribution in [2.24, 2.45) is 10.9 Å². The Kier molecular flexibility index (Phi) is 4.24. The van der Waals surface area contributed by atoms with Crippen LogP contribution in [0.3, 0.4) is 0 Å². The number of ether oxygens (including phenoxy) is 1. The number of hydrogen-bond acceptors (Lipinski definition) is 4. The lowest BCUT2D eigenvalue weighted by Gasteiger charge is -2.34. The second-order valence-corrected chi connectivity index (χ2v) is 5.23. The Morgan fingerprint density at radius 2 is 2.05 bits per heavy atom. The summed E-state index contributed by atoms with van der Waals surface area (Å²) in [5.74, 6) is -0.131. The molecule has 6 nitrogen and oxygen atoms in total. The summed E-state index contributed by atoms with van der Waals surface area (Å²) in [5, 5.41) is 14.5. The van der Waals surface area contributed by atoms with Crippen LogP contribution in [0.25, 0.3) is 0 Å². The number of carbonyl (C=O) groups is 1. The molecule has 0 bridgehead atoms. The largest absolute Gasteiger partial charge is 0.409 e. The van der Waals surface area contributed by atoms with Gasteiger partial charge >= 0.3 is 0 Å². The van der Waals surface area contributed by atoms with Crippen LogP contribution < -0.4 is 11.1 Å². The first-order valence-corrected chi connectivity index (χ1v) is 6.52. The number of amidine groups is 1. The normalized spacial score (nSPS) is 23.4. The Morgan fingerprint density at radius 3 is 2.60 bits per heavy atom. The molecule has 108 valence electrons. The van der Waals surface area contributed by atoms with E-state index >= 15 is 0 Å². The molecule has 1 amide bonds. The van der Waals surface area contributed by atoms with Gasteiger partial charge in [-0.2, -0.15) is 0 Å². The number of nitrogens with zero attached hydrogens (tertiary/aromatic N) is 1. The van der Waals surface area contributed by atoms with Crippen molar-refractivity contribution in [3.05, 3.63) is 35.4 Å². The third kappa shape index (κ3) is 3.27. The number of nitrogens with two attached hydrogens (primary N) is 1. The lowest BCUT2D eigenvalue weighted by atomic mass is 9.94. The number of oxime groups is 1. The van der Waals surface area contributed by atoms with Gasteiger partial charge in [0.05, 0.1) is 12.1 Å². The summed E-state index contributed by atoms with van der Waals surface area (Å²) in [7, 11) is 0. The first-order chi connectivity index (χ1) is 9.54. The second-order valence-electron chi connectivity index (χ2n) is 5.23. The Bertz CT molecular complexity index is 505. The Balaban J connectivity index is 2.05. The number of hydrogen-bond donors (Lipinski definition) is 3. The lowest BCUT2D eigenvalue weighted by molar-refractivity contribution is 0.0272. The first-order valence-electron chi connectivity index (χ1n) is 6.52. The number of rotatable bonds is 3. The van der Waals surface area contributed by atoms with Crippen molar-refractivity contribution in [1.29, 1.82) is 0 Å². The van der Waals surface area contributed by atoms with Gasteiger partial charge in [0.2, 0.25) is 0 Å². The third-order valence-corrected chi connectivity index (χ3v) is 3.40. The fourth-order valence-corrected chi connectivity index (χ4v) is 2.23. The monoisotopic (exact) mass is 277 g/mol. The summed E-state index contributed by atoms with van der Waals surface area (Å²) in [6, 6.07) is 6.58. The zero-order chi connectivity index (χ0) is 14.6. The van der Waals surface area contributed by atoms with Crippen LogP contribution in [0.4, 0.5) is 0 Å². The quantitative estimate of drug-likeness (QED) is 0.333. The lowest BCUT2D eigenvalue weighted by Crippen LogP contribution is -2.51. The van der Waals surface area contributed by atoms with E-state index in [1.54, 1.807) is 24.3 Å². The number of nitrogens with one attached hydrogen (secondary N) is 1. The van der Waals surface area contributed by atoms with E-state index in [0.717, 1.165) is 19.4 Å². The molecule has 1 saturated heterocycles. The first kappa shape index (κ1) is 14.3. The molecule has 6 heteroatoms. The van der Waals surface area contributed by atoms with Gasteiger partial charge in [-0.3, -0.25) is 4.79 Å². The van der Waals surface area contributed by atoms with E-state index in [-0.39, 0.29) is 17.3 Å². The van der Waals surface area contributed by atoms with Gasteiger partial charge in [-0.1, -0.05) is 17.3 Å². The van der Waals surface area contributed by atoms with E-state index in [1.807, 2.05) is 6.92 Å². The smallest absolute Gasteiger partial charge is 0.251 e. The van der Waals surface area contributed by atoms with Crippen LogP contribution in [0.2, 0.25) is 0 Å². The zero-order valence-corrected chi connectivity index (χ0v) is 11.4. The predicted octanol–water partition coefficient (Wildman–Crippen LogP) is 1.08. The molecular formula is C14H19N3O3. The van der Waals surface area contributed by atoms with Gasteiger partial charge in [0, 0.05) is 17.7 Å². The molecule has 4 N–H and O–H groups in total. The maximum absolute atomic E-state index is 12.2. The Morgan fingerprint density at radius 1 is 1.40 bits per heavy atom. The van der Waals surface area contributed by atoms with E-state index < -0.39 is 0 Å². The highest BCUT2D eigenvalue weighted by molar-refractivity contribution is 5.99. The fourth-order valence-electron chi connectivity index (χ4n) is 2.23. The van der Waals surface area contributed by atoms with Gasteiger partial charge in [-0.05, 0) is 31.9 Å². The molecule has 1 unspecified atom stereocenters. The van der Waals surface area contributed by atoms with E-state index in [0.29, 0.717) is 17.7 Å². The SMILES string of the molecule is CC1(NC(=O)c2ccc(/C(N)=N/O)cc2)CCCOC1. The van der Waals surface area contributed by atoms with Crippen LogP contribution in [-0.4, -0.2) is 35.7 Å². The minimum absolute atomic E-state index is 0.0181. The molecule has 1 heterocycles. The number of carbonyl (C=O) groups excluding carboxylic acids is 1. The molecule has 1 aromatic rings. The minimum atomic E-state index is -0.320. The van der Waals surface area contributed by atoms with Crippen molar-refractivity contribution in [1.82, 2.24) is 5.32 Å².